The largest absolute Gasteiger partial charge is 0.340 e. The quantitative estimate of drug-likeness (QED) is 0.472. The van der Waals surface area contributed by atoms with E-state index in [1.165, 1.54) is 6.42 Å². The van der Waals surface area contributed by atoms with Crippen molar-refractivity contribution in [1.82, 2.24) is 15.0 Å². The van der Waals surface area contributed by atoms with Gasteiger partial charge in [0.05, 0.1) is 0 Å². The highest BCUT2D eigenvalue weighted by Gasteiger charge is 2.30. The SMILES string of the molecule is CC1CCCN(c2nc(N3C[C@H](N)C[C@H](N)C3)nc(N3C[C@H](N)C[C@H](N)C3)n2)C1.Cl. The molecule has 3 aliphatic heterocycles. The van der Waals surface area contributed by atoms with Crippen LogP contribution in [0.15, 0.2) is 0 Å². The number of rotatable bonds is 3. The van der Waals surface area contributed by atoms with Crippen LogP contribution in [0, 0.1) is 5.92 Å². The maximum absolute atomic E-state index is 6.22. The lowest BCUT2D eigenvalue weighted by molar-refractivity contribution is 0.433. The van der Waals surface area contributed by atoms with Crippen molar-refractivity contribution < 1.29 is 0 Å². The summed E-state index contributed by atoms with van der Waals surface area (Å²) in [6.07, 6.45) is 4.03. The van der Waals surface area contributed by atoms with Crippen molar-refractivity contribution in [2.75, 3.05) is 54.0 Å². The van der Waals surface area contributed by atoms with Crippen LogP contribution in [0.3, 0.4) is 0 Å². The Kier molecular flexibility index (Phi) is 7.56. The summed E-state index contributed by atoms with van der Waals surface area (Å²) in [5.74, 6) is 2.67. The van der Waals surface area contributed by atoms with Gasteiger partial charge in [-0.1, -0.05) is 6.92 Å². The van der Waals surface area contributed by atoms with Gasteiger partial charge in [0.15, 0.2) is 0 Å². The third-order valence-corrected chi connectivity index (χ3v) is 6.14. The molecule has 1 aromatic heterocycles. The molecule has 0 spiro atoms. The van der Waals surface area contributed by atoms with Crippen molar-refractivity contribution in [3.05, 3.63) is 0 Å². The zero-order valence-electron chi connectivity index (χ0n) is 17.9. The molecule has 4 rings (SSSR count). The molecule has 4 heterocycles. The van der Waals surface area contributed by atoms with Gasteiger partial charge >= 0.3 is 0 Å². The van der Waals surface area contributed by atoms with E-state index in [2.05, 4.69) is 21.6 Å². The molecule has 0 saturated carbocycles. The van der Waals surface area contributed by atoms with Crippen molar-refractivity contribution in [2.24, 2.45) is 28.9 Å². The van der Waals surface area contributed by atoms with Gasteiger partial charge in [0, 0.05) is 63.4 Å². The minimum absolute atomic E-state index is 0. The highest BCUT2D eigenvalue weighted by molar-refractivity contribution is 5.85. The van der Waals surface area contributed by atoms with Crippen molar-refractivity contribution >= 4 is 30.3 Å². The summed E-state index contributed by atoms with van der Waals surface area (Å²) in [6, 6.07) is 0.0898. The van der Waals surface area contributed by atoms with E-state index in [9.17, 15) is 0 Å². The zero-order valence-corrected chi connectivity index (χ0v) is 18.7. The fraction of sp³-hybridized carbons (Fsp3) is 0.842. The Hall–Kier alpha value is -1.46. The van der Waals surface area contributed by atoms with E-state index in [1.54, 1.807) is 0 Å². The highest BCUT2D eigenvalue weighted by Crippen LogP contribution is 2.26. The monoisotopic (exact) mass is 440 g/mol. The molecule has 0 aromatic carbocycles. The Balaban J connectivity index is 0.00000256. The van der Waals surface area contributed by atoms with Gasteiger partial charge in [0.2, 0.25) is 17.8 Å². The molecule has 3 saturated heterocycles. The average molecular weight is 441 g/mol. The van der Waals surface area contributed by atoms with Crippen LogP contribution in [-0.4, -0.2) is 78.4 Å². The second kappa shape index (κ2) is 9.78. The summed E-state index contributed by atoms with van der Waals surface area (Å²) in [5, 5.41) is 0. The van der Waals surface area contributed by atoms with Gasteiger partial charge in [0.1, 0.15) is 0 Å². The molecule has 1 aromatic rings. The number of anilines is 3. The van der Waals surface area contributed by atoms with Crippen molar-refractivity contribution in [3.8, 4) is 0 Å². The van der Waals surface area contributed by atoms with Crippen LogP contribution < -0.4 is 37.6 Å². The number of nitrogens with two attached hydrogens (primary N) is 4. The maximum Gasteiger partial charge on any atom is 0.232 e. The Morgan fingerprint density at radius 3 is 1.47 bits per heavy atom. The van der Waals surface area contributed by atoms with Gasteiger partial charge in [-0.05, 0) is 31.6 Å². The summed E-state index contributed by atoms with van der Waals surface area (Å²) >= 11 is 0. The molecule has 170 valence electrons. The van der Waals surface area contributed by atoms with E-state index >= 15 is 0 Å². The highest BCUT2D eigenvalue weighted by atomic mass is 35.5. The predicted molar refractivity (Wildman–Crippen MR) is 123 cm³/mol. The van der Waals surface area contributed by atoms with Crippen LogP contribution in [0.5, 0.6) is 0 Å². The summed E-state index contributed by atoms with van der Waals surface area (Å²) in [5.41, 5.74) is 24.9. The van der Waals surface area contributed by atoms with E-state index in [0.717, 1.165) is 38.3 Å². The summed E-state index contributed by atoms with van der Waals surface area (Å²) in [4.78, 5) is 21.0. The van der Waals surface area contributed by atoms with Crippen molar-refractivity contribution in [3.63, 3.8) is 0 Å². The lowest BCUT2D eigenvalue weighted by Crippen LogP contribution is -2.54. The standard InChI is InChI=1S/C19H36N10.ClH/c1-12-3-2-4-27(7-12)17-24-18(28-8-13(20)5-14(21)9-28)26-19(25-17)29-10-15(22)6-16(23)11-29;/h12-16H,2-11,20-23H2,1H3;1H/t12?,13-,14+,15-,16+;. The molecule has 8 N–H and O–H groups in total. The van der Waals surface area contributed by atoms with E-state index in [-0.39, 0.29) is 36.6 Å². The van der Waals surface area contributed by atoms with Crippen molar-refractivity contribution in [1.29, 1.82) is 0 Å². The molecule has 30 heavy (non-hydrogen) atoms. The molecule has 3 fully saturated rings. The van der Waals surface area contributed by atoms with Crippen LogP contribution in [0.4, 0.5) is 17.8 Å². The van der Waals surface area contributed by atoms with Gasteiger partial charge in [-0.15, -0.1) is 12.4 Å². The minimum Gasteiger partial charge on any atom is -0.340 e. The van der Waals surface area contributed by atoms with Crippen LogP contribution >= 0.6 is 12.4 Å². The molecule has 1 unspecified atom stereocenters. The fourth-order valence-corrected chi connectivity index (χ4v) is 4.82. The first-order valence-electron chi connectivity index (χ1n) is 10.9. The fourth-order valence-electron chi connectivity index (χ4n) is 4.82. The Morgan fingerprint density at radius 2 is 1.07 bits per heavy atom. The second-order valence-corrected chi connectivity index (χ2v) is 9.25. The second-order valence-electron chi connectivity index (χ2n) is 9.25. The summed E-state index contributed by atoms with van der Waals surface area (Å²) in [6.45, 7) is 7.00. The number of piperidine rings is 3. The molecule has 0 bridgehead atoms. The first-order chi connectivity index (χ1) is 13.9. The van der Waals surface area contributed by atoms with Crippen LogP contribution in [0.25, 0.3) is 0 Å². The van der Waals surface area contributed by atoms with Crippen molar-refractivity contribution in [2.45, 2.75) is 56.8 Å². The molecular formula is C19H37ClN10. The molecule has 0 aliphatic carbocycles. The van der Waals surface area contributed by atoms with Gasteiger partial charge < -0.3 is 37.6 Å². The maximum atomic E-state index is 6.22. The number of nitrogens with zero attached hydrogens (tertiary/aromatic N) is 6. The number of hydrogen-bond acceptors (Lipinski definition) is 10. The Bertz CT molecular complexity index is 642. The van der Waals surface area contributed by atoms with Gasteiger partial charge in [-0.25, -0.2) is 0 Å². The molecule has 5 atom stereocenters. The Labute approximate surface area is 185 Å². The van der Waals surface area contributed by atoms with E-state index in [4.69, 9.17) is 37.9 Å². The average Bonchev–Trinajstić information content (AvgIpc) is 2.66. The van der Waals surface area contributed by atoms with Crippen LogP contribution in [0.1, 0.15) is 32.6 Å². The molecular weight excluding hydrogens is 404 g/mol. The molecule has 3 aliphatic rings. The smallest absolute Gasteiger partial charge is 0.232 e. The number of aromatic nitrogens is 3. The molecule has 0 radical (unpaired) electrons. The molecule has 10 nitrogen and oxygen atoms in total. The normalized spacial score (nSPS) is 32.7. The Morgan fingerprint density at radius 1 is 0.667 bits per heavy atom. The zero-order chi connectivity index (χ0) is 20.5. The first kappa shape index (κ1) is 23.2. The van der Waals surface area contributed by atoms with Gasteiger partial charge in [-0.3, -0.25) is 0 Å². The van der Waals surface area contributed by atoms with E-state index in [1.807, 2.05) is 0 Å². The van der Waals surface area contributed by atoms with Gasteiger partial charge in [-0.2, -0.15) is 15.0 Å². The topological polar surface area (TPSA) is 152 Å². The third-order valence-electron chi connectivity index (χ3n) is 6.14. The number of halogens is 1. The minimum atomic E-state index is 0. The lowest BCUT2D eigenvalue weighted by Gasteiger charge is -2.38. The predicted octanol–water partition coefficient (Wildman–Crippen LogP) is -0.741. The van der Waals surface area contributed by atoms with Gasteiger partial charge in [0.25, 0.3) is 0 Å². The van der Waals surface area contributed by atoms with E-state index in [0.29, 0.717) is 44.0 Å². The number of hydrogen-bond donors (Lipinski definition) is 4. The van der Waals surface area contributed by atoms with Crippen LogP contribution in [0.2, 0.25) is 0 Å². The van der Waals surface area contributed by atoms with Crippen LogP contribution in [-0.2, 0) is 0 Å². The lowest BCUT2D eigenvalue weighted by atomic mass is 10.0. The molecule has 0 amide bonds. The summed E-state index contributed by atoms with van der Waals surface area (Å²) in [7, 11) is 0. The third kappa shape index (κ3) is 5.42. The van der Waals surface area contributed by atoms with E-state index < -0.39 is 0 Å². The molecule has 11 heteroatoms. The summed E-state index contributed by atoms with van der Waals surface area (Å²) < 4.78 is 0. The first-order valence-corrected chi connectivity index (χ1v) is 10.9.